The van der Waals surface area contributed by atoms with Crippen molar-refractivity contribution in [2.75, 3.05) is 6.54 Å². The molecule has 1 saturated heterocycles. The second-order valence-corrected chi connectivity index (χ2v) is 8.39. The number of rotatable bonds is 4. The number of carbonyl (C=O) groups is 1. The Morgan fingerprint density at radius 3 is 2.48 bits per heavy atom. The molecule has 1 fully saturated rings. The molecule has 1 aromatic rings. The zero-order valence-corrected chi connectivity index (χ0v) is 14.6. The molecule has 6 nitrogen and oxygen atoms in total. The molecule has 0 bridgehead atoms. The van der Waals surface area contributed by atoms with Crippen molar-refractivity contribution in [3.8, 4) is 0 Å². The van der Waals surface area contributed by atoms with E-state index in [-0.39, 0.29) is 28.3 Å². The fourth-order valence-electron chi connectivity index (χ4n) is 2.98. The summed E-state index contributed by atoms with van der Waals surface area (Å²) in [7, 11) is -3.70. The number of hydrogen-bond acceptors (Lipinski definition) is 4. The molecule has 2 unspecified atom stereocenters. The van der Waals surface area contributed by atoms with E-state index in [0.29, 0.717) is 0 Å². The second kappa shape index (κ2) is 6.59. The number of nitrogens with two attached hydrogens (primary N) is 1. The van der Waals surface area contributed by atoms with Crippen molar-refractivity contribution in [3.63, 3.8) is 0 Å². The molecule has 0 aliphatic carbocycles. The highest BCUT2D eigenvalue weighted by Crippen LogP contribution is 2.30. The lowest BCUT2D eigenvalue weighted by Gasteiger charge is -2.38. The molecule has 0 saturated carbocycles. The normalized spacial score (nSPS) is 22.3. The maximum atomic E-state index is 12.5. The summed E-state index contributed by atoms with van der Waals surface area (Å²) >= 11 is 0. The van der Waals surface area contributed by atoms with E-state index in [9.17, 15) is 13.2 Å². The van der Waals surface area contributed by atoms with Crippen molar-refractivity contribution < 1.29 is 13.2 Å². The van der Waals surface area contributed by atoms with Gasteiger partial charge in [0, 0.05) is 0 Å². The minimum absolute atomic E-state index is 0.0299. The minimum Gasteiger partial charge on any atom is -0.348 e. The monoisotopic (exact) mass is 339 g/mol. The predicted octanol–water partition coefficient (Wildman–Crippen LogP) is 1.29. The lowest BCUT2D eigenvalue weighted by Crippen LogP contribution is -2.55. The third kappa shape index (κ3) is 4.31. The van der Waals surface area contributed by atoms with E-state index in [1.54, 1.807) is 12.1 Å². The van der Waals surface area contributed by atoms with Crippen LogP contribution in [-0.2, 0) is 14.8 Å². The predicted molar refractivity (Wildman–Crippen MR) is 89.2 cm³/mol. The molecular formula is C16H25N3O3S. The molecular weight excluding hydrogens is 314 g/mol. The van der Waals surface area contributed by atoms with Gasteiger partial charge in [-0.1, -0.05) is 26.0 Å². The van der Waals surface area contributed by atoms with Crippen LogP contribution in [0.15, 0.2) is 29.2 Å². The Morgan fingerprint density at radius 2 is 1.96 bits per heavy atom. The summed E-state index contributed by atoms with van der Waals surface area (Å²) < 4.78 is 22.5. The number of benzene rings is 1. The van der Waals surface area contributed by atoms with Crippen LogP contribution < -0.4 is 15.8 Å². The topological polar surface area (TPSA) is 101 Å². The quantitative estimate of drug-likeness (QED) is 0.769. The van der Waals surface area contributed by atoms with Gasteiger partial charge in [-0.2, -0.15) is 0 Å². The molecule has 1 aromatic carbocycles. The summed E-state index contributed by atoms with van der Waals surface area (Å²) in [6.07, 6.45) is 2.08. The van der Waals surface area contributed by atoms with Crippen molar-refractivity contribution in [1.29, 1.82) is 0 Å². The van der Waals surface area contributed by atoms with Crippen molar-refractivity contribution >= 4 is 15.9 Å². The Kier molecular flexibility index (Phi) is 5.13. The van der Waals surface area contributed by atoms with Crippen molar-refractivity contribution in [1.82, 2.24) is 10.6 Å². The Bertz CT molecular complexity index is 668. The van der Waals surface area contributed by atoms with Crippen LogP contribution in [0, 0.1) is 5.41 Å². The SMILES string of the molecule is CC(NC(=O)C1NCCCC1(C)C)c1ccc(S(N)(=O)=O)cc1. The molecule has 23 heavy (non-hydrogen) atoms. The van der Waals surface area contributed by atoms with Crippen LogP contribution in [0.25, 0.3) is 0 Å². The minimum atomic E-state index is -3.70. The summed E-state index contributed by atoms with van der Waals surface area (Å²) in [5.74, 6) is -0.0299. The van der Waals surface area contributed by atoms with E-state index in [2.05, 4.69) is 24.5 Å². The van der Waals surface area contributed by atoms with Crippen LogP contribution in [0.4, 0.5) is 0 Å². The van der Waals surface area contributed by atoms with Crippen LogP contribution in [0.1, 0.15) is 45.2 Å². The van der Waals surface area contributed by atoms with Gasteiger partial charge in [0.05, 0.1) is 17.0 Å². The van der Waals surface area contributed by atoms with Gasteiger partial charge >= 0.3 is 0 Å². The summed E-state index contributed by atoms with van der Waals surface area (Å²) in [4.78, 5) is 12.6. The van der Waals surface area contributed by atoms with Crippen LogP contribution >= 0.6 is 0 Å². The van der Waals surface area contributed by atoms with E-state index in [1.165, 1.54) is 12.1 Å². The van der Waals surface area contributed by atoms with Crippen LogP contribution in [-0.4, -0.2) is 26.9 Å². The average Bonchev–Trinajstić information content (AvgIpc) is 2.45. The molecule has 7 heteroatoms. The van der Waals surface area contributed by atoms with E-state index in [0.717, 1.165) is 24.9 Å². The molecule has 128 valence electrons. The first-order chi connectivity index (χ1) is 10.6. The highest BCUT2D eigenvalue weighted by molar-refractivity contribution is 7.89. The average molecular weight is 339 g/mol. The van der Waals surface area contributed by atoms with Crippen molar-refractivity contribution in [3.05, 3.63) is 29.8 Å². The Morgan fingerprint density at radius 1 is 1.35 bits per heavy atom. The molecule has 4 N–H and O–H groups in total. The van der Waals surface area contributed by atoms with Gasteiger partial charge in [-0.05, 0) is 49.4 Å². The standard InChI is InChI=1S/C16H25N3O3S/c1-11(12-5-7-13(8-6-12)23(17,21)22)19-15(20)14-16(2,3)9-4-10-18-14/h5-8,11,14,18H,4,9-10H2,1-3H3,(H,19,20)(H2,17,21,22). The van der Waals surface area contributed by atoms with Gasteiger partial charge in [-0.3, -0.25) is 4.79 Å². The first kappa shape index (κ1) is 17.9. The highest BCUT2D eigenvalue weighted by Gasteiger charge is 2.37. The lowest BCUT2D eigenvalue weighted by molar-refractivity contribution is -0.127. The highest BCUT2D eigenvalue weighted by atomic mass is 32.2. The molecule has 2 atom stereocenters. The van der Waals surface area contributed by atoms with E-state index < -0.39 is 10.0 Å². The molecule has 2 rings (SSSR count). The van der Waals surface area contributed by atoms with Gasteiger partial charge in [0.2, 0.25) is 15.9 Å². The second-order valence-electron chi connectivity index (χ2n) is 6.82. The first-order valence-electron chi connectivity index (χ1n) is 7.78. The number of amides is 1. The van der Waals surface area contributed by atoms with Crippen molar-refractivity contribution in [2.24, 2.45) is 10.6 Å². The molecule has 0 spiro atoms. The van der Waals surface area contributed by atoms with E-state index >= 15 is 0 Å². The molecule has 1 aliphatic rings. The first-order valence-corrected chi connectivity index (χ1v) is 9.32. The zero-order valence-electron chi connectivity index (χ0n) is 13.8. The van der Waals surface area contributed by atoms with Gasteiger partial charge in [-0.15, -0.1) is 0 Å². The summed E-state index contributed by atoms with van der Waals surface area (Å²) in [6, 6.07) is 5.82. The Labute approximate surface area is 137 Å². The number of nitrogens with one attached hydrogen (secondary N) is 2. The third-order valence-electron chi connectivity index (χ3n) is 4.46. The van der Waals surface area contributed by atoms with Crippen LogP contribution in [0.3, 0.4) is 0 Å². The van der Waals surface area contributed by atoms with Gasteiger partial charge < -0.3 is 10.6 Å². The fraction of sp³-hybridized carbons (Fsp3) is 0.562. The maximum absolute atomic E-state index is 12.5. The Hall–Kier alpha value is -1.44. The Balaban J connectivity index is 2.06. The van der Waals surface area contributed by atoms with Gasteiger partial charge in [0.25, 0.3) is 0 Å². The van der Waals surface area contributed by atoms with Crippen LogP contribution in [0.2, 0.25) is 0 Å². The van der Waals surface area contributed by atoms with Gasteiger partial charge in [0.1, 0.15) is 0 Å². The lowest BCUT2D eigenvalue weighted by atomic mass is 9.77. The fourth-order valence-corrected chi connectivity index (χ4v) is 3.50. The number of sulfonamides is 1. The molecule has 1 heterocycles. The molecule has 1 aliphatic heterocycles. The molecule has 1 amide bonds. The van der Waals surface area contributed by atoms with Gasteiger partial charge in [0.15, 0.2) is 0 Å². The van der Waals surface area contributed by atoms with Crippen molar-refractivity contribution in [2.45, 2.75) is 50.6 Å². The van der Waals surface area contributed by atoms with E-state index in [1.807, 2.05) is 6.92 Å². The number of carbonyl (C=O) groups excluding carboxylic acids is 1. The number of hydrogen-bond donors (Lipinski definition) is 3. The number of primary sulfonamides is 1. The van der Waals surface area contributed by atoms with Gasteiger partial charge in [-0.25, -0.2) is 13.6 Å². The zero-order chi connectivity index (χ0) is 17.3. The summed E-state index contributed by atoms with van der Waals surface area (Å²) in [5.41, 5.74) is 0.749. The van der Waals surface area contributed by atoms with Crippen LogP contribution in [0.5, 0.6) is 0 Å². The summed E-state index contributed by atoms with van der Waals surface area (Å²) in [6.45, 7) is 6.91. The summed E-state index contributed by atoms with van der Waals surface area (Å²) in [5, 5.41) is 11.4. The number of piperidine rings is 1. The smallest absolute Gasteiger partial charge is 0.238 e. The molecule has 0 aromatic heterocycles. The van der Waals surface area contributed by atoms with E-state index in [4.69, 9.17) is 5.14 Å². The maximum Gasteiger partial charge on any atom is 0.238 e. The third-order valence-corrected chi connectivity index (χ3v) is 5.39. The largest absolute Gasteiger partial charge is 0.348 e. The molecule has 0 radical (unpaired) electrons.